The lowest BCUT2D eigenvalue weighted by molar-refractivity contribution is -0.146. The quantitative estimate of drug-likeness (QED) is 0.876. The maximum absolute atomic E-state index is 12.4. The molecule has 1 aromatic rings. The topological polar surface area (TPSA) is 75.2 Å². The van der Waals surface area contributed by atoms with Gasteiger partial charge in [0.2, 0.25) is 11.8 Å². The maximum Gasteiger partial charge on any atom is 0.246 e. The molecule has 1 aromatic heterocycles. The van der Waals surface area contributed by atoms with E-state index in [-0.39, 0.29) is 24.3 Å². The molecule has 0 aliphatic carbocycles. The number of rotatable bonds is 4. The molecule has 108 valence electrons. The Morgan fingerprint density at radius 3 is 2.90 bits per heavy atom. The Kier molecular flexibility index (Phi) is 4.32. The third-order valence-corrected chi connectivity index (χ3v) is 3.63. The molecular weight excluding hydrogens is 256 g/mol. The monoisotopic (exact) mass is 276 g/mol. The van der Waals surface area contributed by atoms with E-state index < -0.39 is 6.04 Å². The Balaban J connectivity index is 2.14. The number of amides is 2. The number of nitrogens with one attached hydrogen (secondary N) is 1. The molecule has 6 heteroatoms. The first-order chi connectivity index (χ1) is 9.51. The molecule has 1 aliphatic rings. The van der Waals surface area contributed by atoms with Crippen LogP contribution in [-0.2, 0) is 16.1 Å². The molecule has 2 rings (SSSR count). The smallest absolute Gasteiger partial charge is 0.246 e. The summed E-state index contributed by atoms with van der Waals surface area (Å²) in [5.74, 6) is 0.646. The highest BCUT2D eigenvalue weighted by atomic mass is 16.2. The summed E-state index contributed by atoms with van der Waals surface area (Å²) < 4.78 is 0. The fraction of sp³-hybridized carbons (Fsp3) is 0.571. The van der Waals surface area contributed by atoms with Crippen molar-refractivity contribution in [3.05, 3.63) is 23.8 Å². The second-order valence-electron chi connectivity index (χ2n) is 5.22. The summed E-state index contributed by atoms with van der Waals surface area (Å²) in [6.45, 7) is 6.23. The number of carbonyl (C=O) groups is 2. The van der Waals surface area contributed by atoms with Crippen LogP contribution in [0.15, 0.2) is 12.3 Å². The highest BCUT2D eigenvalue weighted by Gasteiger charge is 2.35. The van der Waals surface area contributed by atoms with Gasteiger partial charge in [-0.05, 0) is 18.9 Å². The molecule has 2 amide bonds. The van der Waals surface area contributed by atoms with Gasteiger partial charge in [-0.25, -0.2) is 9.97 Å². The fourth-order valence-electron chi connectivity index (χ4n) is 2.27. The van der Waals surface area contributed by atoms with Gasteiger partial charge in [0.15, 0.2) is 0 Å². The van der Waals surface area contributed by atoms with Gasteiger partial charge < -0.3 is 10.2 Å². The molecule has 1 aliphatic heterocycles. The Morgan fingerprint density at radius 1 is 1.50 bits per heavy atom. The zero-order valence-electron chi connectivity index (χ0n) is 12.1. The van der Waals surface area contributed by atoms with Gasteiger partial charge in [-0.1, -0.05) is 20.3 Å². The second kappa shape index (κ2) is 5.98. The average Bonchev–Trinajstić information content (AvgIpc) is 2.41. The summed E-state index contributed by atoms with van der Waals surface area (Å²) in [6.07, 6.45) is 2.51. The van der Waals surface area contributed by atoms with E-state index in [4.69, 9.17) is 0 Å². The van der Waals surface area contributed by atoms with Crippen LogP contribution in [-0.4, -0.2) is 39.3 Å². The predicted octanol–water partition coefficient (Wildman–Crippen LogP) is 0.658. The second-order valence-corrected chi connectivity index (χ2v) is 5.22. The highest BCUT2D eigenvalue weighted by Crippen LogP contribution is 2.15. The van der Waals surface area contributed by atoms with Crippen molar-refractivity contribution in [2.45, 2.75) is 39.8 Å². The summed E-state index contributed by atoms with van der Waals surface area (Å²) in [7, 11) is 0. The molecular formula is C14H20N4O2. The van der Waals surface area contributed by atoms with E-state index in [0.29, 0.717) is 12.4 Å². The van der Waals surface area contributed by atoms with Crippen LogP contribution in [0.2, 0.25) is 0 Å². The number of piperazine rings is 1. The first kappa shape index (κ1) is 14.4. The Bertz CT molecular complexity index is 518. The van der Waals surface area contributed by atoms with Crippen molar-refractivity contribution in [2.24, 2.45) is 5.92 Å². The number of hydrogen-bond donors (Lipinski definition) is 1. The molecule has 1 fully saturated rings. The Morgan fingerprint density at radius 2 is 2.25 bits per heavy atom. The first-order valence-electron chi connectivity index (χ1n) is 6.88. The van der Waals surface area contributed by atoms with E-state index in [2.05, 4.69) is 15.3 Å². The van der Waals surface area contributed by atoms with Crippen LogP contribution in [0.25, 0.3) is 0 Å². The lowest BCUT2D eigenvalue weighted by atomic mass is 9.96. The van der Waals surface area contributed by atoms with Crippen molar-refractivity contribution in [3.8, 4) is 0 Å². The molecule has 1 saturated heterocycles. The number of aryl methyl sites for hydroxylation is 1. The highest BCUT2D eigenvalue weighted by molar-refractivity contribution is 5.94. The van der Waals surface area contributed by atoms with Gasteiger partial charge >= 0.3 is 0 Å². The number of carbonyl (C=O) groups excluding carboxylic acids is 2. The van der Waals surface area contributed by atoms with Gasteiger partial charge in [0, 0.05) is 6.20 Å². The van der Waals surface area contributed by atoms with Crippen molar-refractivity contribution >= 4 is 11.8 Å². The van der Waals surface area contributed by atoms with Crippen molar-refractivity contribution < 1.29 is 9.59 Å². The van der Waals surface area contributed by atoms with Crippen molar-refractivity contribution in [1.29, 1.82) is 0 Å². The zero-order valence-corrected chi connectivity index (χ0v) is 12.1. The summed E-state index contributed by atoms with van der Waals surface area (Å²) in [5, 5.41) is 2.78. The molecule has 0 radical (unpaired) electrons. The first-order valence-corrected chi connectivity index (χ1v) is 6.88. The maximum atomic E-state index is 12.4. The molecule has 2 atom stereocenters. The average molecular weight is 276 g/mol. The van der Waals surface area contributed by atoms with E-state index in [0.717, 1.165) is 12.1 Å². The Labute approximate surface area is 118 Å². The molecule has 20 heavy (non-hydrogen) atoms. The lowest BCUT2D eigenvalue weighted by Crippen LogP contribution is -2.59. The van der Waals surface area contributed by atoms with Crippen LogP contribution >= 0.6 is 0 Å². The molecule has 6 nitrogen and oxygen atoms in total. The molecule has 0 saturated carbocycles. The molecule has 0 bridgehead atoms. The largest absolute Gasteiger partial charge is 0.342 e. The summed E-state index contributed by atoms with van der Waals surface area (Å²) in [6, 6.07) is 1.34. The minimum Gasteiger partial charge on any atom is -0.342 e. The molecule has 2 heterocycles. The van der Waals surface area contributed by atoms with Gasteiger partial charge in [-0.15, -0.1) is 0 Å². The Hall–Kier alpha value is -1.98. The fourth-order valence-corrected chi connectivity index (χ4v) is 2.27. The van der Waals surface area contributed by atoms with Crippen LogP contribution in [0, 0.1) is 12.8 Å². The molecule has 0 aromatic carbocycles. The van der Waals surface area contributed by atoms with Crippen LogP contribution in [0.4, 0.5) is 0 Å². The van der Waals surface area contributed by atoms with Crippen molar-refractivity contribution in [1.82, 2.24) is 20.2 Å². The third kappa shape index (κ3) is 3.12. The number of nitrogens with zero attached hydrogens (tertiary/aromatic N) is 3. The predicted molar refractivity (Wildman–Crippen MR) is 73.6 cm³/mol. The normalized spacial score (nSPS) is 20.8. The molecule has 2 unspecified atom stereocenters. The minimum atomic E-state index is -0.427. The van der Waals surface area contributed by atoms with Crippen LogP contribution < -0.4 is 5.32 Å². The van der Waals surface area contributed by atoms with Crippen LogP contribution in [0.3, 0.4) is 0 Å². The van der Waals surface area contributed by atoms with E-state index in [9.17, 15) is 9.59 Å². The zero-order chi connectivity index (χ0) is 14.7. The van der Waals surface area contributed by atoms with Gasteiger partial charge in [0.25, 0.3) is 0 Å². The number of hydrogen-bond acceptors (Lipinski definition) is 4. The third-order valence-electron chi connectivity index (χ3n) is 3.63. The van der Waals surface area contributed by atoms with E-state index in [1.807, 2.05) is 13.8 Å². The lowest BCUT2D eigenvalue weighted by Gasteiger charge is -2.35. The molecule has 0 spiro atoms. The van der Waals surface area contributed by atoms with Gasteiger partial charge in [-0.2, -0.15) is 0 Å². The molecule has 1 N–H and O–H groups in total. The van der Waals surface area contributed by atoms with Gasteiger partial charge in [-0.3, -0.25) is 9.59 Å². The standard InChI is InChI=1S/C14H20N4O2/c1-4-9(2)13-14(20)18(8-12(19)17-13)7-11-5-6-15-10(3)16-11/h5-6,9,13H,4,7-8H2,1-3H3,(H,17,19). The SMILES string of the molecule is CCC(C)C1NC(=O)CN(Cc2ccnc(C)n2)C1=O. The van der Waals surface area contributed by atoms with Crippen molar-refractivity contribution in [3.63, 3.8) is 0 Å². The van der Waals surface area contributed by atoms with E-state index in [1.54, 1.807) is 24.1 Å². The number of aromatic nitrogens is 2. The van der Waals surface area contributed by atoms with Crippen LogP contribution in [0.5, 0.6) is 0 Å². The van der Waals surface area contributed by atoms with Gasteiger partial charge in [0.05, 0.1) is 12.2 Å². The minimum absolute atomic E-state index is 0.0322. The van der Waals surface area contributed by atoms with E-state index >= 15 is 0 Å². The van der Waals surface area contributed by atoms with E-state index in [1.165, 1.54) is 0 Å². The summed E-state index contributed by atoms with van der Waals surface area (Å²) in [4.78, 5) is 34.1. The summed E-state index contributed by atoms with van der Waals surface area (Å²) in [5.41, 5.74) is 0.753. The van der Waals surface area contributed by atoms with Crippen molar-refractivity contribution in [2.75, 3.05) is 6.54 Å². The summed E-state index contributed by atoms with van der Waals surface area (Å²) >= 11 is 0. The van der Waals surface area contributed by atoms with Crippen LogP contribution in [0.1, 0.15) is 31.8 Å². The van der Waals surface area contributed by atoms with Gasteiger partial charge in [0.1, 0.15) is 18.4 Å².